The number of benzene rings is 2. The third-order valence-electron chi connectivity index (χ3n) is 3.53. The highest BCUT2D eigenvalue weighted by Gasteiger charge is 2.05. The maximum atomic E-state index is 6.30. The van der Waals surface area contributed by atoms with Crippen LogP contribution in [0, 0.1) is 13.8 Å². The lowest BCUT2D eigenvalue weighted by molar-refractivity contribution is 1.13. The van der Waals surface area contributed by atoms with Crippen LogP contribution in [0.25, 0.3) is 10.9 Å². The third kappa shape index (κ3) is 3.17. The van der Waals surface area contributed by atoms with E-state index in [-0.39, 0.29) is 0 Å². The average Bonchev–Trinajstić information content (AvgIpc) is 2.47. The number of nitrogens with zero attached hydrogens (tertiary/aromatic N) is 1. The molecule has 106 valence electrons. The van der Waals surface area contributed by atoms with Crippen LogP contribution in [0.15, 0.2) is 48.5 Å². The topological polar surface area (TPSA) is 24.9 Å². The van der Waals surface area contributed by atoms with Crippen LogP contribution in [-0.4, -0.2) is 4.98 Å². The van der Waals surface area contributed by atoms with Gasteiger partial charge in [0.25, 0.3) is 0 Å². The summed E-state index contributed by atoms with van der Waals surface area (Å²) in [6.45, 7) is 4.80. The average molecular weight is 297 g/mol. The summed E-state index contributed by atoms with van der Waals surface area (Å²) >= 11 is 6.30. The summed E-state index contributed by atoms with van der Waals surface area (Å²) in [4.78, 5) is 4.49. The number of fused-ring (bicyclic) bond motifs is 1. The first-order valence-electron chi connectivity index (χ1n) is 6.98. The highest BCUT2D eigenvalue weighted by molar-refractivity contribution is 6.30. The van der Waals surface area contributed by atoms with Gasteiger partial charge in [0.05, 0.1) is 5.52 Å². The van der Waals surface area contributed by atoms with Crippen LogP contribution in [0.1, 0.15) is 16.7 Å². The van der Waals surface area contributed by atoms with Crippen LogP contribution in [0.3, 0.4) is 0 Å². The number of nitrogens with one attached hydrogen (secondary N) is 1. The van der Waals surface area contributed by atoms with Crippen molar-refractivity contribution in [3.63, 3.8) is 0 Å². The number of aryl methyl sites for hydroxylation is 2. The van der Waals surface area contributed by atoms with E-state index in [1.165, 1.54) is 11.1 Å². The zero-order valence-corrected chi connectivity index (χ0v) is 12.9. The van der Waals surface area contributed by atoms with Crippen LogP contribution in [0.5, 0.6) is 0 Å². The number of halogens is 1. The Morgan fingerprint density at radius 3 is 2.43 bits per heavy atom. The molecule has 0 amide bonds. The van der Waals surface area contributed by atoms with Gasteiger partial charge in [0.1, 0.15) is 5.15 Å². The molecule has 0 unspecified atom stereocenters. The molecule has 0 bridgehead atoms. The molecule has 3 rings (SSSR count). The number of pyridine rings is 1. The van der Waals surface area contributed by atoms with Gasteiger partial charge in [-0.1, -0.05) is 41.4 Å². The Morgan fingerprint density at radius 1 is 0.952 bits per heavy atom. The number of rotatable bonds is 3. The highest BCUT2D eigenvalue weighted by atomic mass is 35.5. The molecule has 0 aliphatic rings. The summed E-state index contributed by atoms with van der Waals surface area (Å²) in [5, 5.41) is 5.06. The fourth-order valence-electron chi connectivity index (χ4n) is 2.29. The molecular weight excluding hydrogens is 280 g/mol. The summed E-state index contributed by atoms with van der Waals surface area (Å²) in [5.74, 6) is 0. The molecule has 3 aromatic rings. The third-order valence-corrected chi connectivity index (χ3v) is 3.86. The molecule has 21 heavy (non-hydrogen) atoms. The van der Waals surface area contributed by atoms with Crippen LogP contribution >= 0.6 is 11.6 Å². The minimum absolute atomic E-state index is 0.563. The second-order valence-corrected chi connectivity index (χ2v) is 5.71. The Labute approximate surface area is 129 Å². The normalized spacial score (nSPS) is 10.8. The van der Waals surface area contributed by atoms with Crippen molar-refractivity contribution in [3.8, 4) is 0 Å². The van der Waals surface area contributed by atoms with Gasteiger partial charge in [0.2, 0.25) is 0 Å². The highest BCUT2D eigenvalue weighted by Crippen LogP contribution is 2.22. The monoisotopic (exact) mass is 296 g/mol. The fourth-order valence-corrected chi connectivity index (χ4v) is 2.50. The number of hydrogen-bond acceptors (Lipinski definition) is 2. The zero-order valence-electron chi connectivity index (χ0n) is 12.2. The molecule has 0 aliphatic heterocycles. The number of anilines is 1. The summed E-state index contributed by atoms with van der Waals surface area (Å²) < 4.78 is 0. The predicted molar refractivity (Wildman–Crippen MR) is 90.0 cm³/mol. The molecule has 2 nitrogen and oxygen atoms in total. The molecule has 0 spiro atoms. The van der Waals surface area contributed by atoms with Crippen molar-refractivity contribution in [3.05, 3.63) is 70.4 Å². The van der Waals surface area contributed by atoms with E-state index in [0.29, 0.717) is 11.7 Å². The molecule has 1 heterocycles. The van der Waals surface area contributed by atoms with Gasteiger partial charge in [-0.15, -0.1) is 0 Å². The van der Waals surface area contributed by atoms with Gasteiger partial charge in [0, 0.05) is 23.2 Å². The van der Waals surface area contributed by atoms with Gasteiger partial charge >= 0.3 is 0 Å². The Kier molecular flexibility index (Phi) is 3.80. The summed E-state index contributed by atoms with van der Waals surface area (Å²) in [5.41, 5.74) is 5.48. The van der Waals surface area contributed by atoms with E-state index >= 15 is 0 Å². The molecule has 0 aliphatic carbocycles. The lowest BCUT2D eigenvalue weighted by atomic mass is 10.1. The van der Waals surface area contributed by atoms with Crippen LogP contribution < -0.4 is 5.32 Å². The van der Waals surface area contributed by atoms with E-state index in [2.05, 4.69) is 72.7 Å². The Hall–Kier alpha value is -2.06. The Bertz CT molecular complexity index is 779. The fraction of sp³-hybridized carbons (Fsp3) is 0.167. The molecule has 1 N–H and O–H groups in total. The van der Waals surface area contributed by atoms with E-state index in [9.17, 15) is 0 Å². The molecule has 1 aromatic heterocycles. The molecular formula is C18H17ClN2. The number of hydrogen-bond donors (Lipinski definition) is 1. The second-order valence-electron chi connectivity index (χ2n) is 5.35. The van der Waals surface area contributed by atoms with Gasteiger partial charge < -0.3 is 5.32 Å². The van der Waals surface area contributed by atoms with Crippen molar-refractivity contribution in [2.24, 2.45) is 0 Å². The van der Waals surface area contributed by atoms with Gasteiger partial charge in [0.15, 0.2) is 0 Å². The van der Waals surface area contributed by atoms with Crippen LogP contribution in [-0.2, 0) is 6.54 Å². The van der Waals surface area contributed by atoms with Crippen molar-refractivity contribution in [2.75, 3.05) is 5.32 Å². The van der Waals surface area contributed by atoms with Gasteiger partial charge in [-0.25, -0.2) is 4.98 Å². The smallest absolute Gasteiger partial charge is 0.134 e. The van der Waals surface area contributed by atoms with E-state index in [1.807, 2.05) is 0 Å². The summed E-state index contributed by atoms with van der Waals surface area (Å²) in [7, 11) is 0. The lowest BCUT2D eigenvalue weighted by Gasteiger charge is -2.09. The van der Waals surface area contributed by atoms with E-state index in [0.717, 1.165) is 22.2 Å². The van der Waals surface area contributed by atoms with Gasteiger partial charge in [-0.2, -0.15) is 0 Å². The summed E-state index contributed by atoms with van der Waals surface area (Å²) in [6.07, 6.45) is 0. The van der Waals surface area contributed by atoms with Crippen molar-refractivity contribution in [2.45, 2.75) is 20.4 Å². The largest absolute Gasteiger partial charge is 0.381 e. The van der Waals surface area contributed by atoms with Crippen molar-refractivity contribution < 1.29 is 0 Å². The quantitative estimate of drug-likeness (QED) is 0.679. The maximum Gasteiger partial charge on any atom is 0.134 e. The SMILES string of the molecule is Cc1ccc(NCc2cc3ccc(C)cc3nc2Cl)cc1. The first-order chi connectivity index (χ1) is 10.1. The molecule has 2 aromatic carbocycles. The van der Waals surface area contributed by atoms with Crippen molar-refractivity contribution >= 4 is 28.2 Å². The first kappa shape index (κ1) is 13.9. The molecule has 3 heteroatoms. The second kappa shape index (κ2) is 5.74. The van der Waals surface area contributed by atoms with Crippen molar-refractivity contribution in [1.82, 2.24) is 4.98 Å². The van der Waals surface area contributed by atoms with Crippen LogP contribution in [0.2, 0.25) is 5.15 Å². The summed E-state index contributed by atoms with van der Waals surface area (Å²) in [6, 6.07) is 16.7. The predicted octanol–water partition coefficient (Wildman–Crippen LogP) is 5.12. The van der Waals surface area contributed by atoms with Crippen LogP contribution in [0.4, 0.5) is 5.69 Å². The Morgan fingerprint density at radius 2 is 1.67 bits per heavy atom. The van der Waals surface area contributed by atoms with E-state index in [1.54, 1.807) is 0 Å². The molecule has 0 saturated carbocycles. The number of aromatic nitrogens is 1. The van der Waals surface area contributed by atoms with Gasteiger partial charge in [-0.05, 0) is 43.7 Å². The first-order valence-corrected chi connectivity index (χ1v) is 7.36. The Balaban J connectivity index is 1.85. The minimum atomic E-state index is 0.563. The minimum Gasteiger partial charge on any atom is -0.381 e. The van der Waals surface area contributed by atoms with E-state index in [4.69, 9.17) is 11.6 Å². The maximum absolute atomic E-state index is 6.30. The van der Waals surface area contributed by atoms with Gasteiger partial charge in [-0.3, -0.25) is 0 Å². The zero-order chi connectivity index (χ0) is 14.8. The molecule has 0 atom stereocenters. The molecule has 0 fully saturated rings. The lowest BCUT2D eigenvalue weighted by Crippen LogP contribution is -2.01. The standard InChI is InChI=1S/C18H17ClN2/c1-12-4-7-16(8-5-12)20-11-15-10-14-6-3-13(2)9-17(14)21-18(15)19/h3-10,20H,11H2,1-2H3. The van der Waals surface area contributed by atoms with Crippen molar-refractivity contribution in [1.29, 1.82) is 0 Å². The van der Waals surface area contributed by atoms with E-state index < -0.39 is 0 Å². The molecule has 0 saturated heterocycles. The molecule has 0 radical (unpaired) electrons.